The van der Waals surface area contributed by atoms with Crippen LogP contribution in [0.2, 0.25) is 0 Å². The number of unbranched alkanes of at least 4 members (excludes halogenated alkanes) is 11. The van der Waals surface area contributed by atoms with Gasteiger partial charge in [0, 0.05) is 6.42 Å². The second kappa shape index (κ2) is 26.0. The molecule has 0 aromatic rings. The molecular weight excluding hydrogens is 422 g/mol. The van der Waals surface area contributed by atoms with Crippen LogP contribution in [0.4, 0.5) is 0 Å². The number of allylic oxidation sites excluding steroid dienone is 7. The Hall–Kier alpha value is -1.65. The van der Waals surface area contributed by atoms with E-state index in [-0.39, 0.29) is 12.5 Å². The van der Waals surface area contributed by atoms with Gasteiger partial charge in [0.1, 0.15) is 0 Å². The average molecular weight is 476 g/mol. The van der Waals surface area contributed by atoms with Crippen molar-refractivity contribution in [2.75, 3.05) is 6.61 Å². The average Bonchev–Trinajstić information content (AvgIpc) is 2.84. The van der Waals surface area contributed by atoms with Gasteiger partial charge in [-0.3, -0.25) is 4.79 Å². The molecule has 0 heterocycles. The highest BCUT2D eigenvalue weighted by Gasteiger charge is 2.17. The SMILES string of the molecule is C/C=C/CC/C=C/CC/C=C/C(O)C(CO)NC(=O)CCCCC/C=C\CCCCCCCC. The highest BCUT2D eigenvalue weighted by atomic mass is 16.3. The van der Waals surface area contributed by atoms with E-state index in [2.05, 4.69) is 48.7 Å². The summed E-state index contributed by atoms with van der Waals surface area (Å²) in [5.41, 5.74) is 0. The smallest absolute Gasteiger partial charge is 0.220 e. The zero-order valence-electron chi connectivity index (χ0n) is 22.1. The van der Waals surface area contributed by atoms with Crippen LogP contribution in [-0.4, -0.2) is 34.9 Å². The summed E-state index contributed by atoms with van der Waals surface area (Å²) in [6.07, 6.45) is 33.4. The van der Waals surface area contributed by atoms with Crippen LogP contribution in [-0.2, 0) is 4.79 Å². The number of carbonyl (C=O) groups excluding carboxylic acids is 1. The molecule has 1 amide bonds. The molecule has 0 aliphatic rings. The maximum Gasteiger partial charge on any atom is 0.220 e. The van der Waals surface area contributed by atoms with Crippen molar-refractivity contribution < 1.29 is 15.0 Å². The number of rotatable bonds is 23. The number of aliphatic hydroxyl groups is 2. The Morgan fingerprint density at radius 1 is 0.735 bits per heavy atom. The van der Waals surface area contributed by atoms with Crippen molar-refractivity contribution in [3.05, 3.63) is 48.6 Å². The van der Waals surface area contributed by atoms with Crippen molar-refractivity contribution in [1.29, 1.82) is 0 Å². The molecule has 0 aromatic heterocycles. The second-order valence-electron chi connectivity index (χ2n) is 9.10. The molecule has 196 valence electrons. The molecular formula is C30H53NO3. The minimum atomic E-state index is -0.871. The summed E-state index contributed by atoms with van der Waals surface area (Å²) < 4.78 is 0. The molecule has 3 N–H and O–H groups in total. The van der Waals surface area contributed by atoms with Crippen LogP contribution in [0.5, 0.6) is 0 Å². The van der Waals surface area contributed by atoms with E-state index in [0.29, 0.717) is 6.42 Å². The number of nitrogens with one attached hydrogen (secondary N) is 1. The van der Waals surface area contributed by atoms with Crippen LogP contribution in [0.25, 0.3) is 0 Å². The van der Waals surface area contributed by atoms with Gasteiger partial charge in [0.15, 0.2) is 0 Å². The van der Waals surface area contributed by atoms with Crippen molar-refractivity contribution in [2.45, 2.75) is 129 Å². The topological polar surface area (TPSA) is 69.6 Å². The van der Waals surface area contributed by atoms with Gasteiger partial charge in [0.2, 0.25) is 5.91 Å². The van der Waals surface area contributed by atoms with Crippen molar-refractivity contribution >= 4 is 5.91 Å². The first-order valence-electron chi connectivity index (χ1n) is 13.8. The zero-order valence-corrected chi connectivity index (χ0v) is 22.1. The van der Waals surface area contributed by atoms with E-state index in [1.807, 2.05) is 13.0 Å². The van der Waals surface area contributed by atoms with Gasteiger partial charge in [-0.25, -0.2) is 0 Å². The van der Waals surface area contributed by atoms with Crippen LogP contribution in [0.3, 0.4) is 0 Å². The van der Waals surface area contributed by atoms with E-state index in [1.54, 1.807) is 6.08 Å². The van der Waals surface area contributed by atoms with Crippen molar-refractivity contribution in [3.63, 3.8) is 0 Å². The quantitative estimate of drug-likeness (QED) is 0.107. The van der Waals surface area contributed by atoms with Gasteiger partial charge in [-0.05, 0) is 64.7 Å². The predicted molar refractivity (Wildman–Crippen MR) is 147 cm³/mol. The fraction of sp³-hybridized carbons (Fsp3) is 0.700. The minimum Gasteiger partial charge on any atom is -0.394 e. The molecule has 0 radical (unpaired) electrons. The first-order chi connectivity index (χ1) is 16.7. The summed E-state index contributed by atoms with van der Waals surface area (Å²) in [5.74, 6) is -0.103. The highest BCUT2D eigenvalue weighted by Crippen LogP contribution is 2.09. The van der Waals surface area contributed by atoms with E-state index in [4.69, 9.17) is 0 Å². The predicted octanol–water partition coefficient (Wildman–Crippen LogP) is 7.33. The number of hydrogen-bond donors (Lipinski definition) is 3. The maximum absolute atomic E-state index is 12.2. The van der Waals surface area contributed by atoms with Gasteiger partial charge in [-0.15, -0.1) is 0 Å². The Labute approximate surface area is 210 Å². The molecule has 0 bridgehead atoms. The molecule has 2 unspecified atom stereocenters. The van der Waals surface area contributed by atoms with Crippen molar-refractivity contribution in [3.8, 4) is 0 Å². The Morgan fingerprint density at radius 2 is 1.26 bits per heavy atom. The number of carbonyl (C=O) groups is 1. The zero-order chi connectivity index (χ0) is 25.1. The third-order valence-electron chi connectivity index (χ3n) is 5.86. The van der Waals surface area contributed by atoms with E-state index >= 15 is 0 Å². The van der Waals surface area contributed by atoms with Crippen molar-refractivity contribution in [2.24, 2.45) is 0 Å². The summed E-state index contributed by atoms with van der Waals surface area (Å²) in [5, 5.41) is 22.6. The molecule has 0 rings (SSSR count). The summed E-state index contributed by atoms with van der Waals surface area (Å²) in [4.78, 5) is 12.2. The Morgan fingerprint density at radius 3 is 1.88 bits per heavy atom. The lowest BCUT2D eigenvalue weighted by atomic mass is 10.1. The molecule has 4 nitrogen and oxygen atoms in total. The fourth-order valence-electron chi connectivity index (χ4n) is 3.68. The fourth-order valence-corrected chi connectivity index (χ4v) is 3.68. The van der Waals surface area contributed by atoms with E-state index in [0.717, 1.165) is 51.4 Å². The van der Waals surface area contributed by atoms with Crippen LogP contribution in [0, 0.1) is 0 Å². The largest absolute Gasteiger partial charge is 0.394 e. The maximum atomic E-state index is 12.2. The van der Waals surface area contributed by atoms with Crippen LogP contribution >= 0.6 is 0 Å². The molecule has 0 aromatic carbocycles. The molecule has 0 fully saturated rings. The van der Waals surface area contributed by atoms with Crippen LogP contribution in [0.15, 0.2) is 48.6 Å². The molecule has 0 spiro atoms. The molecule has 2 atom stereocenters. The van der Waals surface area contributed by atoms with Crippen LogP contribution < -0.4 is 5.32 Å². The van der Waals surface area contributed by atoms with E-state index < -0.39 is 12.1 Å². The minimum absolute atomic E-state index is 0.103. The van der Waals surface area contributed by atoms with Gasteiger partial charge in [-0.2, -0.15) is 0 Å². The number of amides is 1. The monoisotopic (exact) mass is 475 g/mol. The van der Waals surface area contributed by atoms with Crippen molar-refractivity contribution in [1.82, 2.24) is 5.32 Å². The van der Waals surface area contributed by atoms with Gasteiger partial charge in [0.25, 0.3) is 0 Å². The third kappa shape index (κ3) is 22.2. The van der Waals surface area contributed by atoms with Gasteiger partial charge in [0.05, 0.1) is 18.8 Å². The highest BCUT2D eigenvalue weighted by molar-refractivity contribution is 5.76. The first kappa shape index (κ1) is 32.4. The lowest BCUT2D eigenvalue weighted by Gasteiger charge is -2.19. The Bertz CT molecular complexity index is 565. The van der Waals surface area contributed by atoms with Gasteiger partial charge in [-0.1, -0.05) is 94.1 Å². The molecule has 0 aliphatic carbocycles. The summed E-state index contributed by atoms with van der Waals surface area (Å²) >= 11 is 0. The Kier molecular flexibility index (Phi) is 24.7. The number of hydrogen-bond acceptors (Lipinski definition) is 3. The molecule has 0 saturated heterocycles. The third-order valence-corrected chi connectivity index (χ3v) is 5.86. The summed E-state index contributed by atoms with van der Waals surface area (Å²) in [6.45, 7) is 4.01. The van der Waals surface area contributed by atoms with Crippen LogP contribution in [0.1, 0.15) is 117 Å². The summed E-state index contributed by atoms with van der Waals surface area (Å²) in [7, 11) is 0. The summed E-state index contributed by atoms with van der Waals surface area (Å²) in [6, 6.07) is -0.648. The molecule has 0 aliphatic heterocycles. The van der Waals surface area contributed by atoms with Gasteiger partial charge < -0.3 is 15.5 Å². The van der Waals surface area contributed by atoms with E-state index in [1.165, 1.54) is 44.9 Å². The molecule has 0 saturated carbocycles. The first-order valence-corrected chi connectivity index (χ1v) is 13.8. The lowest BCUT2D eigenvalue weighted by molar-refractivity contribution is -0.123. The molecule has 4 heteroatoms. The Balaban J connectivity index is 3.80. The lowest BCUT2D eigenvalue weighted by Crippen LogP contribution is -2.45. The normalized spacial score (nSPS) is 14.1. The van der Waals surface area contributed by atoms with E-state index in [9.17, 15) is 15.0 Å². The second-order valence-corrected chi connectivity index (χ2v) is 9.10. The standard InChI is InChI=1S/C30H53NO3/c1-3-5-7-9-11-13-14-15-16-18-20-22-24-26-30(34)31-28(27-32)29(33)25-23-21-19-17-12-10-8-6-4-2/h4,6,12,15-17,23,25,28-29,32-33H,3,5,7-11,13-14,18-22,24,26-27H2,1-2H3,(H,31,34)/b6-4+,16-15-,17-12+,25-23+. The number of aliphatic hydroxyl groups excluding tert-OH is 2. The van der Waals surface area contributed by atoms with Gasteiger partial charge >= 0.3 is 0 Å². The molecule has 34 heavy (non-hydrogen) atoms.